The van der Waals surface area contributed by atoms with E-state index in [1.807, 2.05) is 6.92 Å². The Morgan fingerprint density at radius 3 is 2.48 bits per heavy atom. The topological polar surface area (TPSA) is 69.6 Å². The molecule has 1 aliphatic heterocycles. The van der Waals surface area contributed by atoms with E-state index in [2.05, 4.69) is 9.62 Å². The van der Waals surface area contributed by atoms with Crippen molar-refractivity contribution in [2.24, 2.45) is 0 Å². The molecule has 1 fully saturated rings. The first kappa shape index (κ1) is 16.4. The smallest absolute Gasteiger partial charge is 0.240 e. The lowest BCUT2D eigenvalue weighted by molar-refractivity contribution is 0.0823. The highest BCUT2D eigenvalue weighted by atomic mass is 32.2. The summed E-state index contributed by atoms with van der Waals surface area (Å²) in [6.07, 6.45) is 2.24. The van der Waals surface area contributed by atoms with Gasteiger partial charge < -0.3 is 10.0 Å². The van der Waals surface area contributed by atoms with E-state index >= 15 is 0 Å². The average Bonchev–Trinajstić information content (AvgIpc) is 2.46. The molecule has 6 heteroatoms. The maximum atomic E-state index is 12.1. The predicted octanol–water partition coefficient (Wildman–Crippen LogP) is 1.12. The van der Waals surface area contributed by atoms with Gasteiger partial charge in [-0.3, -0.25) is 0 Å². The van der Waals surface area contributed by atoms with Crippen molar-refractivity contribution in [2.75, 3.05) is 26.2 Å². The van der Waals surface area contributed by atoms with Crippen LogP contribution >= 0.6 is 0 Å². The van der Waals surface area contributed by atoms with Gasteiger partial charge in [-0.1, -0.05) is 17.7 Å². The fourth-order valence-corrected chi connectivity index (χ4v) is 3.53. The van der Waals surface area contributed by atoms with Gasteiger partial charge in [-0.25, -0.2) is 13.1 Å². The van der Waals surface area contributed by atoms with E-state index in [0.717, 1.165) is 44.5 Å². The summed E-state index contributed by atoms with van der Waals surface area (Å²) in [5.74, 6) is 0. The Balaban J connectivity index is 1.73. The Morgan fingerprint density at radius 1 is 1.24 bits per heavy atom. The van der Waals surface area contributed by atoms with Gasteiger partial charge in [0.15, 0.2) is 0 Å². The molecule has 0 aliphatic carbocycles. The van der Waals surface area contributed by atoms with E-state index in [4.69, 9.17) is 0 Å². The van der Waals surface area contributed by atoms with Gasteiger partial charge >= 0.3 is 0 Å². The van der Waals surface area contributed by atoms with Crippen molar-refractivity contribution in [2.45, 2.75) is 37.2 Å². The van der Waals surface area contributed by atoms with Gasteiger partial charge in [-0.05, 0) is 44.9 Å². The molecule has 0 amide bonds. The van der Waals surface area contributed by atoms with Gasteiger partial charge in [0.25, 0.3) is 0 Å². The molecule has 0 radical (unpaired) electrons. The van der Waals surface area contributed by atoms with Gasteiger partial charge in [0.05, 0.1) is 11.0 Å². The molecule has 2 rings (SSSR count). The van der Waals surface area contributed by atoms with E-state index in [1.165, 1.54) is 0 Å². The molecule has 21 heavy (non-hydrogen) atoms. The third kappa shape index (κ3) is 5.07. The predicted molar refractivity (Wildman–Crippen MR) is 82.7 cm³/mol. The first-order valence-corrected chi connectivity index (χ1v) is 8.92. The zero-order valence-electron chi connectivity index (χ0n) is 12.5. The summed E-state index contributed by atoms with van der Waals surface area (Å²) in [6, 6.07) is 6.86. The largest absolute Gasteiger partial charge is 0.393 e. The van der Waals surface area contributed by atoms with Crippen LogP contribution in [0.1, 0.15) is 24.8 Å². The van der Waals surface area contributed by atoms with Crippen LogP contribution in [0.2, 0.25) is 0 Å². The quantitative estimate of drug-likeness (QED) is 0.772. The van der Waals surface area contributed by atoms with E-state index in [1.54, 1.807) is 24.3 Å². The molecule has 1 aromatic carbocycles. The lowest BCUT2D eigenvalue weighted by Gasteiger charge is -2.29. The van der Waals surface area contributed by atoms with E-state index < -0.39 is 10.0 Å². The number of aliphatic hydroxyl groups excluding tert-OH is 1. The Kier molecular flexibility index (Phi) is 5.75. The third-order valence-corrected chi connectivity index (χ3v) is 5.31. The molecule has 0 unspecified atom stereocenters. The number of piperidine rings is 1. The lowest BCUT2D eigenvalue weighted by atomic mass is 10.1. The summed E-state index contributed by atoms with van der Waals surface area (Å²) in [5.41, 5.74) is 1.04. The monoisotopic (exact) mass is 312 g/mol. The second-order valence-electron chi connectivity index (χ2n) is 5.64. The molecule has 1 heterocycles. The zero-order chi connectivity index (χ0) is 15.3. The van der Waals surface area contributed by atoms with Gasteiger partial charge in [-0.2, -0.15) is 0 Å². The highest BCUT2D eigenvalue weighted by Crippen LogP contribution is 2.11. The SMILES string of the molecule is Cc1ccc(S(=O)(=O)NCCCN2CCC(O)CC2)cc1. The molecule has 1 saturated heterocycles. The molecular formula is C15H24N2O3S. The molecule has 1 aromatic rings. The Hall–Kier alpha value is -0.950. The van der Waals surface area contributed by atoms with Crippen LogP contribution in [0.25, 0.3) is 0 Å². The molecular weight excluding hydrogens is 288 g/mol. The zero-order valence-corrected chi connectivity index (χ0v) is 13.3. The van der Waals surface area contributed by atoms with Crippen molar-refractivity contribution in [1.82, 2.24) is 9.62 Å². The van der Waals surface area contributed by atoms with Crippen LogP contribution in [0.15, 0.2) is 29.2 Å². The highest BCUT2D eigenvalue weighted by Gasteiger charge is 2.17. The van der Waals surface area contributed by atoms with Gasteiger partial charge in [0, 0.05) is 19.6 Å². The number of benzene rings is 1. The number of nitrogens with zero attached hydrogens (tertiary/aromatic N) is 1. The summed E-state index contributed by atoms with van der Waals surface area (Å²) in [7, 11) is -3.40. The van der Waals surface area contributed by atoms with E-state index in [-0.39, 0.29) is 6.10 Å². The van der Waals surface area contributed by atoms with Crippen molar-refractivity contribution < 1.29 is 13.5 Å². The minimum atomic E-state index is -3.40. The second-order valence-corrected chi connectivity index (χ2v) is 7.40. The Morgan fingerprint density at radius 2 is 1.86 bits per heavy atom. The Labute approximate surface area is 127 Å². The number of likely N-dealkylation sites (tertiary alicyclic amines) is 1. The number of nitrogens with one attached hydrogen (secondary N) is 1. The molecule has 2 N–H and O–H groups in total. The molecule has 0 bridgehead atoms. The van der Waals surface area contributed by atoms with E-state index in [0.29, 0.717) is 11.4 Å². The van der Waals surface area contributed by atoms with E-state index in [9.17, 15) is 13.5 Å². The van der Waals surface area contributed by atoms with Crippen molar-refractivity contribution in [3.05, 3.63) is 29.8 Å². The maximum Gasteiger partial charge on any atom is 0.240 e. The molecule has 0 spiro atoms. The summed E-state index contributed by atoms with van der Waals surface area (Å²) in [5, 5.41) is 9.43. The molecule has 118 valence electrons. The van der Waals surface area contributed by atoms with Crippen LogP contribution in [-0.2, 0) is 10.0 Å². The number of hydrogen-bond donors (Lipinski definition) is 2. The third-order valence-electron chi connectivity index (χ3n) is 3.83. The summed E-state index contributed by atoms with van der Waals surface area (Å²) < 4.78 is 26.8. The van der Waals surface area contributed by atoms with Crippen LogP contribution in [-0.4, -0.2) is 50.7 Å². The normalized spacial score (nSPS) is 18.0. The molecule has 5 nitrogen and oxygen atoms in total. The standard InChI is InChI=1S/C15H24N2O3S/c1-13-3-5-15(6-4-13)21(19,20)16-9-2-10-17-11-7-14(18)8-12-17/h3-6,14,16,18H,2,7-12H2,1H3. The number of sulfonamides is 1. The van der Waals surface area contributed by atoms with Crippen molar-refractivity contribution in [1.29, 1.82) is 0 Å². The first-order valence-electron chi connectivity index (χ1n) is 7.44. The van der Waals surface area contributed by atoms with Crippen molar-refractivity contribution in [3.63, 3.8) is 0 Å². The van der Waals surface area contributed by atoms with Gasteiger partial charge in [0.2, 0.25) is 10.0 Å². The summed E-state index contributed by atoms with van der Waals surface area (Å²) >= 11 is 0. The maximum absolute atomic E-state index is 12.1. The molecule has 1 aliphatic rings. The molecule has 0 aromatic heterocycles. The van der Waals surface area contributed by atoms with Crippen molar-refractivity contribution in [3.8, 4) is 0 Å². The number of aliphatic hydroxyl groups is 1. The fourth-order valence-electron chi connectivity index (χ4n) is 2.45. The summed E-state index contributed by atoms with van der Waals surface area (Å²) in [6.45, 7) is 5.02. The van der Waals surface area contributed by atoms with Crippen LogP contribution < -0.4 is 4.72 Å². The van der Waals surface area contributed by atoms with Gasteiger partial charge in [-0.15, -0.1) is 0 Å². The Bertz CT molecular complexity index is 535. The number of hydrogen-bond acceptors (Lipinski definition) is 4. The number of aryl methyl sites for hydroxylation is 1. The average molecular weight is 312 g/mol. The van der Waals surface area contributed by atoms with Crippen LogP contribution in [0, 0.1) is 6.92 Å². The van der Waals surface area contributed by atoms with Crippen LogP contribution in [0.5, 0.6) is 0 Å². The summed E-state index contributed by atoms with van der Waals surface area (Å²) in [4.78, 5) is 2.58. The number of rotatable bonds is 6. The first-order chi connectivity index (χ1) is 9.97. The second kappa shape index (κ2) is 7.35. The molecule has 0 atom stereocenters. The minimum Gasteiger partial charge on any atom is -0.393 e. The molecule has 0 saturated carbocycles. The lowest BCUT2D eigenvalue weighted by Crippen LogP contribution is -2.37. The minimum absolute atomic E-state index is 0.165. The van der Waals surface area contributed by atoms with Crippen molar-refractivity contribution >= 4 is 10.0 Å². The fraction of sp³-hybridized carbons (Fsp3) is 0.600. The van der Waals surface area contributed by atoms with Crippen LogP contribution in [0.4, 0.5) is 0 Å². The highest BCUT2D eigenvalue weighted by molar-refractivity contribution is 7.89. The van der Waals surface area contributed by atoms with Crippen LogP contribution in [0.3, 0.4) is 0 Å². The van der Waals surface area contributed by atoms with Gasteiger partial charge in [0.1, 0.15) is 0 Å².